The van der Waals surface area contributed by atoms with Crippen molar-refractivity contribution in [3.05, 3.63) is 29.8 Å². The molecule has 0 radical (unpaired) electrons. The topological polar surface area (TPSA) is 49.3 Å². The highest BCUT2D eigenvalue weighted by atomic mass is 19.4. The molecule has 0 saturated carbocycles. The maximum absolute atomic E-state index is 12.2. The molecule has 1 aromatic carbocycles. The van der Waals surface area contributed by atoms with E-state index < -0.39 is 24.1 Å². The number of nitrogens with one attached hydrogen (secondary N) is 1. The van der Waals surface area contributed by atoms with Crippen LogP contribution in [0.1, 0.15) is 31.7 Å². The van der Waals surface area contributed by atoms with Crippen molar-refractivity contribution in [1.29, 1.82) is 0 Å². The zero-order chi connectivity index (χ0) is 15.4. The van der Waals surface area contributed by atoms with Crippen molar-refractivity contribution in [1.82, 2.24) is 0 Å². The van der Waals surface area contributed by atoms with Gasteiger partial charge in [0.15, 0.2) is 0 Å². The summed E-state index contributed by atoms with van der Waals surface area (Å²) in [6.07, 6.45) is -5.57. The second-order valence-electron chi connectivity index (χ2n) is 5.05. The minimum atomic E-state index is -4.26. The van der Waals surface area contributed by atoms with Crippen LogP contribution < -0.4 is 5.32 Å². The van der Waals surface area contributed by atoms with Crippen LogP contribution in [0.3, 0.4) is 0 Å². The maximum atomic E-state index is 12.2. The number of hydrogen-bond acceptors (Lipinski definition) is 2. The van der Waals surface area contributed by atoms with Crippen LogP contribution in [0.15, 0.2) is 24.3 Å². The first-order chi connectivity index (χ1) is 9.14. The number of para-hydroxylation sites is 1. The van der Waals surface area contributed by atoms with Gasteiger partial charge < -0.3 is 10.4 Å². The van der Waals surface area contributed by atoms with Gasteiger partial charge in [-0.25, -0.2) is 4.79 Å². The Balaban J connectivity index is 2.77. The van der Waals surface area contributed by atoms with Gasteiger partial charge in [0.2, 0.25) is 0 Å². The van der Waals surface area contributed by atoms with Crippen molar-refractivity contribution in [3.8, 4) is 0 Å². The number of aliphatic carboxylic acids is 1. The molecule has 2 N–H and O–H groups in total. The van der Waals surface area contributed by atoms with Crippen LogP contribution in [0, 0.1) is 6.92 Å². The summed E-state index contributed by atoms with van der Waals surface area (Å²) < 4.78 is 36.5. The number of carboxylic acid groups (broad SMARTS) is 1. The largest absolute Gasteiger partial charge is 0.480 e. The number of carboxylic acids is 1. The Labute approximate surface area is 115 Å². The third kappa shape index (κ3) is 4.75. The van der Waals surface area contributed by atoms with E-state index in [2.05, 4.69) is 5.32 Å². The van der Waals surface area contributed by atoms with Crippen LogP contribution in [0.2, 0.25) is 0 Å². The van der Waals surface area contributed by atoms with Gasteiger partial charge in [-0.15, -0.1) is 0 Å². The normalized spacial score (nSPS) is 14.7. The predicted molar refractivity (Wildman–Crippen MR) is 70.7 cm³/mol. The van der Waals surface area contributed by atoms with Gasteiger partial charge >= 0.3 is 12.1 Å². The second kappa shape index (κ2) is 6.15. The van der Waals surface area contributed by atoms with Crippen LogP contribution in [-0.2, 0) is 4.79 Å². The van der Waals surface area contributed by atoms with Crippen molar-refractivity contribution in [2.24, 2.45) is 0 Å². The Morgan fingerprint density at radius 3 is 2.35 bits per heavy atom. The fourth-order valence-electron chi connectivity index (χ4n) is 1.88. The van der Waals surface area contributed by atoms with Gasteiger partial charge in [-0.3, -0.25) is 0 Å². The summed E-state index contributed by atoms with van der Waals surface area (Å²) in [6.45, 7) is 3.21. The molecule has 0 aliphatic heterocycles. The fourth-order valence-corrected chi connectivity index (χ4v) is 1.88. The van der Waals surface area contributed by atoms with Crippen molar-refractivity contribution in [3.63, 3.8) is 0 Å². The molecule has 3 nitrogen and oxygen atoms in total. The third-order valence-corrected chi connectivity index (χ3v) is 3.16. The van der Waals surface area contributed by atoms with Crippen LogP contribution >= 0.6 is 0 Å². The number of hydrogen-bond donors (Lipinski definition) is 2. The molecule has 1 unspecified atom stereocenters. The van der Waals surface area contributed by atoms with E-state index in [0.717, 1.165) is 5.56 Å². The number of benzene rings is 1. The van der Waals surface area contributed by atoms with Gasteiger partial charge in [-0.1, -0.05) is 18.2 Å². The lowest BCUT2D eigenvalue weighted by molar-refractivity contribution is -0.145. The summed E-state index contributed by atoms with van der Waals surface area (Å²) in [5.41, 5.74) is 0.0392. The molecule has 1 aromatic rings. The van der Waals surface area contributed by atoms with Crippen molar-refractivity contribution < 1.29 is 23.1 Å². The highest BCUT2D eigenvalue weighted by Gasteiger charge is 2.35. The molecule has 0 bridgehead atoms. The summed E-state index contributed by atoms with van der Waals surface area (Å²) in [6, 6.07) is 7.07. The molecule has 1 atom stereocenters. The summed E-state index contributed by atoms with van der Waals surface area (Å²) in [5.74, 6) is -1.16. The summed E-state index contributed by atoms with van der Waals surface area (Å²) in [5, 5.41) is 12.1. The lowest BCUT2D eigenvalue weighted by atomic mass is 9.94. The van der Waals surface area contributed by atoms with E-state index >= 15 is 0 Å². The number of rotatable bonds is 6. The van der Waals surface area contributed by atoms with E-state index in [1.165, 1.54) is 6.92 Å². The van der Waals surface area contributed by atoms with E-state index in [-0.39, 0.29) is 12.8 Å². The molecule has 0 saturated heterocycles. The number of anilines is 1. The van der Waals surface area contributed by atoms with E-state index in [1.54, 1.807) is 25.1 Å². The standard InChI is InChI=1S/C14H18F3NO2/c1-10-6-3-4-7-11(10)18-13(2,12(19)20)8-5-9-14(15,16)17/h3-4,6-7,18H,5,8-9H2,1-2H3,(H,19,20). The average Bonchev–Trinajstić information content (AvgIpc) is 2.30. The Bertz CT molecular complexity index is 474. The van der Waals surface area contributed by atoms with Gasteiger partial charge in [0.25, 0.3) is 0 Å². The monoisotopic (exact) mass is 289 g/mol. The summed E-state index contributed by atoms with van der Waals surface area (Å²) in [7, 11) is 0. The zero-order valence-electron chi connectivity index (χ0n) is 11.4. The average molecular weight is 289 g/mol. The molecule has 0 heterocycles. The molecule has 20 heavy (non-hydrogen) atoms. The molecule has 0 amide bonds. The molecule has 6 heteroatoms. The minimum Gasteiger partial charge on any atom is -0.480 e. The first-order valence-corrected chi connectivity index (χ1v) is 6.28. The number of aryl methyl sites for hydroxylation is 1. The maximum Gasteiger partial charge on any atom is 0.389 e. The van der Waals surface area contributed by atoms with Gasteiger partial charge in [-0.2, -0.15) is 13.2 Å². The predicted octanol–water partition coefficient (Wildman–Crippen LogP) is 3.98. The van der Waals surface area contributed by atoms with E-state index in [0.29, 0.717) is 5.69 Å². The van der Waals surface area contributed by atoms with Crippen molar-refractivity contribution >= 4 is 11.7 Å². The Kier molecular flexibility index (Phi) is 5.03. The zero-order valence-corrected chi connectivity index (χ0v) is 11.4. The van der Waals surface area contributed by atoms with Crippen LogP contribution in [-0.4, -0.2) is 22.8 Å². The molecule has 1 rings (SSSR count). The van der Waals surface area contributed by atoms with Gasteiger partial charge in [-0.05, 0) is 38.3 Å². The quantitative estimate of drug-likeness (QED) is 0.832. The third-order valence-electron chi connectivity index (χ3n) is 3.16. The van der Waals surface area contributed by atoms with Gasteiger partial charge in [0.1, 0.15) is 5.54 Å². The lowest BCUT2D eigenvalue weighted by Crippen LogP contribution is -2.43. The van der Waals surface area contributed by atoms with Gasteiger partial charge in [0.05, 0.1) is 0 Å². The fraction of sp³-hybridized carbons (Fsp3) is 0.500. The SMILES string of the molecule is Cc1ccccc1NC(C)(CCCC(F)(F)F)C(=O)O. The molecule has 112 valence electrons. The Morgan fingerprint density at radius 1 is 1.25 bits per heavy atom. The van der Waals surface area contributed by atoms with Gasteiger partial charge in [0, 0.05) is 12.1 Å². The van der Waals surface area contributed by atoms with Crippen molar-refractivity contribution in [2.45, 2.75) is 44.8 Å². The summed E-state index contributed by atoms with van der Waals surface area (Å²) in [4.78, 5) is 11.3. The first-order valence-electron chi connectivity index (χ1n) is 6.28. The highest BCUT2D eigenvalue weighted by molar-refractivity contribution is 5.82. The summed E-state index contributed by atoms with van der Waals surface area (Å²) >= 11 is 0. The minimum absolute atomic E-state index is 0.101. The first kappa shape index (κ1) is 16.3. The Hall–Kier alpha value is -1.72. The highest BCUT2D eigenvalue weighted by Crippen LogP contribution is 2.28. The molecule has 0 aliphatic carbocycles. The second-order valence-corrected chi connectivity index (χ2v) is 5.05. The molecule has 0 fully saturated rings. The molecular weight excluding hydrogens is 271 g/mol. The molecule has 0 spiro atoms. The lowest BCUT2D eigenvalue weighted by Gasteiger charge is -2.28. The smallest absolute Gasteiger partial charge is 0.389 e. The number of alkyl halides is 3. The van der Waals surface area contributed by atoms with Crippen molar-refractivity contribution in [2.75, 3.05) is 5.32 Å². The van der Waals surface area contributed by atoms with Crippen LogP contribution in [0.5, 0.6) is 0 Å². The van der Waals surface area contributed by atoms with E-state index in [4.69, 9.17) is 0 Å². The molecule has 0 aromatic heterocycles. The Morgan fingerprint density at radius 2 is 1.85 bits per heavy atom. The number of halogens is 3. The number of carbonyl (C=O) groups is 1. The molecular formula is C14H18F3NO2. The molecule has 0 aliphatic rings. The van der Waals surface area contributed by atoms with E-state index in [1.807, 2.05) is 6.07 Å². The van der Waals surface area contributed by atoms with Crippen LogP contribution in [0.25, 0.3) is 0 Å². The van der Waals surface area contributed by atoms with Crippen LogP contribution in [0.4, 0.5) is 18.9 Å². The van der Waals surface area contributed by atoms with E-state index in [9.17, 15) is 23.1 Å².